The predicted molar refractivity (Wildman–Crippen MR) is 103 cm³/mol. The van der Waals surface area contributed by atoms with Crippen molar-refractivity contribution in [3.05, 3.63) is 59.7 Å². The second kappa shape index (κ2) is 7.83. The maximum atomic E-state index is 12.0. The van der Waals surface area contributed by atoms with Crippen molar-refractivity contribution in [2.24, 2.45) is 10.7 Å². The van der Waals surface area contributed by atoms with E-state index in [4.69, 9.17) is 5.73 Å². The summed E-state index contributed by atoms with van der Waals surface area (Å²) in [5.74, 6) is 0.600. The van der Waals surface area contributed by atoms with Gasteiger partial charge < -0.3 is 16.0 Å². The summed E-state index contributed by atoms with van der Waals surface area (Å²) in [6, 6.07) is 16.0. The molecule has 0 aromatic heterocycles. The second-order valence-electron chi connectivity index (χ2n) is 6.36. The van der Waals surface area contributed by atoms with Gasteiger partial charge in [0, 0.05) is 24.3 Å². The highest BCUT2D eigenvalue weighted by Gasteiger charge is 2.19. The summed E-state index contributed by atoms with van der Waals surface area (Å²) in [7, 11) is 0. The Morgan fingerprint density at radius 2 is 1.84 bits per heavy atom. The molecular formula is C20H24N4O. The van der Waals surface area contributed by atoms with Gasteiger partial charge in [-0.15, -0.1) is 0 Å². The van der Waals surface area contributed by atoms with Crippen LogP contribution in [-0.4, -0.2) is 18.4 Å². The molecule has 0 spiro atoms. The Balaban J connectivity index is 1.59. The van der Waals surface area contributed by atoms with Gasteiger partial charge in [-0.05, 0) is 49.6 Å². The van der Waals surface area contributed by atoms with E-state index in [1.807, 2.05) is 60.4 Å². The number of piperidine rings is 1. The van der Waals surface area contributed by atoms with Gasteiger partial charge in [-0.3, -0.25) is 4.79 Å². The molecule has 0 aliphatic carbocycles. The average Bonchev–Trinajstić information content (AvgIpc) is 2.63. The molecule has 0 radical (unpaired) electrons. The van der Waals surface area contributed by atoms with E-state index < -0.39 is 0 Å². The summed E-state index contributed by atoms with van der Waals surface area (Å²) >= 11 is 0. The number of aryl methyl sites for hydroxylation is 1. The Hall–Kier alpha value is -2.82. The third-order valence-electron chi connectivity index (χ3n) is 4.33. The van der Waals surface area contributed by atoms with Crippen molar-refractivity contribution in [2.75, 3.05) is 16.8 Å². The molecule has 2 aromatic carbocycles. The number of anilines is 2. The van der Waals surface area contributed by atoms with Crippen LogP contribution >= 0.6 is 0 Å². The number of rotatable bonds is 4. The fourth-order valence-corrected chi connectivity index (χ4v) is 2.86. The first-order valence-electron chi connectivity index (χ1n) is 8.65. The van der Waals surface area contributed by atoms with Gasteiger partial charge in [0.2, 0.25) is 5.91 Å². The van der Waals surface area contributed by atoms with Crippen molar-refractivity contribution < 1.29 is 4.79 Å². The summed E-state index contributed by atoms with van der Waals surface area (Å²) in [5.41, 5.74) is 10.1. The third kappa shape index (κ3) is 4.59. The molecule has 130 valence electrons. The number of hydrogen-bond donors (Lipinski definition) is 2. The molecule has 0 saturated carbocycles. The second-order valence-corrected chi connectivity index (χ2v) is 6.36. The standard InChI is InChI=1S/C20H24N4O/c1-15-5-9-17(10-6-15)23-20(21)22-14-16-7-11-18(12-8-16)24-13-3-2-4-19(24)25/h5-12H,2-4,13-14H2,1H3,(H3,21,22,23). The van der Waals surface area contributed by atoms with Gasteiger partial charge in [0.25, 0.3) is 0 Å². The number of guanidine groups is 1. The number of carbonyl (C=O) groups is 1. The van der Waals surface area contributed by atoms with Crippen LogP contribution in [0.4, 0.5) is 11.4 Å². The summed E-state index contributed by atoms with van der Waals surface area (Å²) in [6.45, 7) is 3.35. The van der Waals surface area contributed by atoms with Crippen LogP contribution < -0.4 is 16.0 Å². The van der Waals surface area contributed by atoms with Crippen LogP contribution in [0, 0.1) is 6.92 Å². The van der Waals surface area contributed by atoms with Crippen LogP contribution in [0.3, 0.4) is 0 Å². The van der Waals surface area contributed by atoms with Gasteiger partial charge in [0.15, 0.2) is 5.96 Å². The van der Waals surface area contributed by atoms with Crippen molar-refractivity contribution in [3.8, 4) is 0 Å². The minimum atomic E-state index is 0.212. The zero-order chi connectivity index (χ0) is 17.6. The van der Waals surface area contributed by atoms with Gasteiger partial charge in [0.1, 0.15) is 0 Å². The molecule has 1 amide bonds. The van der Waals surface area contributed by atoms with Crippen LogP contribution in [0.2, 0.25) is 0 Å². The molecular weight excluding hydrogens is 312 g/mol. The zero-order valence-corrected chi connectivity index (χ0v) is 14.5. The Bertz CT molecular complexity index is 750. The number of nitrogens with two attached hydrogens (primary N) is 1. The zero-order valence-electron chi connectivity index (χ0n) is 14.5. The minimum absolute atomic E-state index is 0.212. The lowest BCUT2D eigenvalue weighted by Gasteiger charge is -2.26. The highest BCUT2D eigenvalue weighted by molar-refractivity contribution is 5.94. The van der Waals surface area contributed by atoms with Crippen molar-refractivity contribution in [3.63, 3.8) is 0 Å². The van der Waals surface area contributed by atoms with Crippen molar-refractivity contribution in [1.29, 1.82) is 0 Å². The maximum absolute atomic E-state index is 12.0. The van der Waals surface area contributed by atoms with Crippen LogP contribution in [0.15, 0.2) is 53.5 Å². The van der Waals surface area contributed by atoms with E-state index in [2.05, 4.69) is 10.3 Å². The number of nitrogens with zero attached hydrogens (tertiary/aromatic N) is 2. The molecule has 0 bridgehead atoms. The molecule has 5 nitrogen and oxygen atoms in total. The fraction of sp³-hybridized carbons (Fsp3) is 0.300. The van der Waals surface area contributed by atoms with Crippen molar-refractivity contribution in [1.82, 2.24) is 0 Å². The van der Waals surface area contributed by atoms with Crippen molar-refractivity contribution >= 4 is 23.2 Å². The van der Waals surface area contributed by atoms with E-state index in [0.29, 0.717) is 18.9 Å². The Morgan fingerprint density at radius 1 is 1.12 bits per heavy atom. The van der Waals surface area contributed by atoms with Crippen LogP contribution in [0.1, 0.15) is 30.4 Å². The summed E-state index contributed by atoms with van der Waals surface area (Å²) < 4.78 is 0. The van der Waals surface area contributed by atoms with E-state index in [-0.39, 0.29) is 5.91 Å². The number of carbonyl (C=O) groups excluding carboxylic acids is 1. The van der Waals surface area contributed by atoms with Crippen LogP contribution in [0.5, 0.6) is 0 Å². The van der Waals surface area contributed by atoms with E-state index in [1.54, 1.807) is 0 Å². The Morgan fingerprint density at radius 3 is 2.52 bits per heavy atom. The normalized spacial score (nSPS) is 15.3. The molecule has 1 fully saturated rings. The maximum Gasteiger partial charge on any atom is 0.226 e. The van der Waals surface area contributed by atoms with Gasteiger partial charge in [0.05, 0.1) is 6.54 Å². The average molecular weight is 336 g/mol. The predicted octanol–water partition coefficient (Wildman–Crippen LogP) is 3.44. The first-order chi connectivity index (χ1) is 12.1. The highest BCUT2D eigenvalue weighted by atomic mass is 16.2. The number of hydrogen-bond acceptors (Lipinski definition) is 2. The largest absolute Gasteiger partial charge is 0.370 e. The first kappa shape index (κ1) is 17.0. The third-order valence-corrected chi connectivity index (χ3v) is 4.33. The molecule has 3 rings (SSSR count). The quantitative estimate of drug-likeness (QED) is 0.664. The Labute approximate surface area is 148 Å². The topological polar surface area (TPSA) is 70.7 Å². The van der Waals surface area contributed by atoms with Gasteiger partial charge in [-0.1, -0.05) is 29.8 Å². The molecule has 2 aromatic rings. The van der Waals surface area contributed by atoms with E-state index >= 15 is 0 Å². The SMILES string of the molecule is Cc1ccc(NC(N)=NCc2ccc(N3CCCCC3=O)cc2)cc1. The van der Waals surface area contributed by atoms with Crippen molar-refractivity contribution in [2.45, 2.75) is 32.7 Å². The fourth-order valence-electron chi connectivity index (χ4n) is 2.86. The summed E-state index contributed by atoms with van der Waals surface area (Å²) in [4.78, 5) is 18.2. The number of nitrogens with one attached hydrogen (secondary N) is 1. The molecule has 1 aliphatic rings. The molecule has 3 N–H and O–H groups in total. The number of benzene rings is 2. The molecule has 0 atom stereocenters. The van der Waals surface area contributed by atoms with Crippen LogP contribution in [-0.2, 0) is 11.3 Å². The summed E-state index contributed by atoms with van der Waals surface area (Å²) in [6.07, 6.45) is 2.71. The van der Waals surface area contributed by atoms with Crippen LogP contribution in [0.25, 0.3) is 0 Å². The molecule has 1 aliphatic heterocycles. The smallest absolute Gasteiger partial charge is 0.226 e. The minimum Gasteiger partial charge on any atom is -0.370 e. The monoisotopic (exact) mass is 336 g/mol. The van der Waals surface area contributed by atoms with E-state index in [0.717, 1.165) is 36.3 Å². The molecule has 1 heterocycles. The molecule has 25 heavy (non-hydrogen) atoms. The Kier molecular flexibility index (Phi) is 5.33. The number of aliphatic imine (C=N–C) groups is 1. The lowest BCUT2D eigenvalue weighted by atomic mass is 10.1. The van der Waals surface area contributed by atoms with E-state index in [9.17, 15) is 4.79 Å². The lowest BCUT2D eigenvalue weighted by molar-refractivity contribution is -0.119. The lowest BCUT2D eigenvalue weighted by Crippen LogP contribution is -2.35. The highest BCUT2D eigenvalue weighted by Crippen LogP contribution is 2.21. The molecule has 0 unspecified atom stereocenters. The van der Waals surface area contributed by atoms with Gasteiger partial charge in [-0.25, -0.2) is 4.99 Å². The summed E-state index contributed by atoms with van der Waals surface area (Å²) in [5, 5.41) is 3.08. The molecule has 5 heteroatoms. The van der Waals surface area contributed by atoms with E-state index in [1.165, 1.54) is 5.56 Å². The molecule has 1 saturated heterocycles. The van der Waals surface area contributed by atoms with Gasteiger partial charge in [-0.2, -0.15) is 0 Å². The number of amides is 1. The van der Waals surface area contributed by atoms with Gasteiger partial charge >= 0.3 is 0 Å². The first-order valence-corrected chi connectivity index (χ1v) is 8.65.